The smallest absolute Gasteiger partial charge is 0.340 e. The van der Waals surface area contributed by atoms with Crippen molar-refractivity contribution >= 4 is 11.9 Å². The number of carbonyl (C=O) groups excluding carboxylic acids is 2. The summed E-state index contributed by atoms with van der Waals surface area (Å²) in [5.74, 6) is -1.60. The van der Waals surface area contributed by atoms with Gasteiger partial charge >= 0.3 is 11.9 Å². The van der Waals surface area contributed by atoms with E-state index in [4.69, 9.17) is 19.9 Å². The van der Waals surface area contributed by atoms with Gasteiger partial charge in [-0.15, -0.1) is 0 Å². The Hall–Kier alpha value is -2.76. The van der Waals surface area contributed by atoms with Gasteiger partial charge in [0.05, 0.1) is 24.7 Å². The quantitative estimate of drug-likeness (QED) is 0.826. The second-order valence-electron chi connectivity index (χ2n) is 5.64. The normalized spacial score (nSPS) is 17.2. The van der Waals surface area contributed by atoms with E-state index in [1.165, 1.54) is 0 Å². The molecule has 6 nitrogen and oxygen atoms in total. The minimum atomic E-state index is -0.702. The first kappa shape index (κ1) is 18.6. The zero-order valence-electron chi connectivity index (χ0n) is 14.9. The van der Waals surface area contributed by atoms with Crippen LogP contribution in [0.15, 0.2) is 47.1 Å². The molecule has 0 fully saturated rings. The molecule has 0 aromatic heterocycles. The molecule has 2 N–H and O–H groups in total. The Morgan fingerprint density at radius 3 is 2.24 bits per heavy atom. The fourth-order valence-electron chi connectivity index (χ4n) is 2.85. The summed E-state index contributed by atoms with van der Waals surface area (Å²) >= 11 is 0. The Labute approximate surface area is 147 Å². The van der Waals surface area contributed by atoms with E-state index in [2.05, 4.69) is 0 Å². The molecule has 0 unspecified atom stereocenters. The Morgan fingerprint density at radius 2 is 1.68 bits per heavy atom. The minimum absolute atomic E-state index is 0.0597. The largest absolute Gasteiger partial charge is 0.463 e. The molecule has 0 saturated carbocycles. The van der Waals surface area contributed by atoms with E-state index in [9.17, 15) is 9.59 Å². The highest BCUT2D eigenvalue weighted by molar-refractivity contribution is 5.99. The van der Waals surface area contributed by atoms with Crippen LogP contribution in [-0.2, 0) is 23.8 Å². The van der Waals surface area contributed by atoms with Crippen molar-refractivity contribution in [1.82, 2.24) is 0 Å². The Kier molecular flexibility index (Phi) is 5.85. The van der Waals surface area contributed by atoms with Crippen LogP contribution in [0.1, 0.15) is 37.8 Å². The Balaban J connectivity index is 2.64. The summed E-state index contributed by atoms with van der Waals surface area (Å²) in [6, 6.07) is 7.52. The lowest BCUT2D eigenvalue weighted by Crippen LogP contribution is -2.30. The van der Waals surface area contributed by atoms with Crippen molar-refractivity contribution in [3.05, 3.63) is 58.2 Å². The Bertz CT molecular complexity index is 708. The standard InChI is InChI=1S/C19H23NO5/c1-5-23-18(21)14-12(4)25-17(20)16(19(22)24-6-2)15(14)13-9-7-8-11(3)10-13/h7-10,15H,5-6,20H2,1-4H3/t15-/m1/s1. The molecule has 1 aliphatic rings. The summed E-state index contributed by atoms with van der Waals surface area (Å²) in [4.78, 5) is 25.0. The highest BCUT2D eigenvalue weighted by atomic mass is 16.5. The van der Waals surface area contributed by atoms with E-state index in [0.717, 1.165) is 11.1 Å². The van der Waals surface area contributed by atoms with E-state index in [0.29, 0.717) is 5.76 Å². The van der Waals surface area contributed by atoms with Crippen LogP contribution < -0.4 is 5.73 Å². The number of allylic oxidation sites excluding steroid dienone is 1. The average Bonchev–Trinajstić information content (AvgIpc) is 2.54. The zero-order chi connectivity index (χ0) is 18.6. The zero-order valence-corrected chi connectivity index (χ0v) is 14.9. The van der Waals surface area contributed by atoms with Crippen LogP contribution >= 0.6 is 0 Å². The fourth-order valence-corrected chi connectivity index (χ4v) is 2.85. The maximum atomic E-state index is 12.5. The topological polar surface area (TPSA) is 87.9 Å². The number of benzene rings is 1. The van der Waals surface area contributed by atoms with Gasteiger partial charge < -0.3 is 19.9 Å². The van der Waals surface area contributed by atoms with Gasteiger partial charge in [-0.05, 0) is 33.3 Å². The van der Waals surface area contributed by atoms with Gasteiger partial charge in [0.1, 0.15) is 11.3 Å². The first-order valence-electron chi connectivity index (χ1n) is 8.19. The molecule has 134 valence electrons. The van der Waals surface area contributed by atoms with Gasteiger partial charge in [-0.3, -0.25) is 0 Å². The number of carbonyl (C=O) groups is 2. The molecule has 2 rings (SSSR count). The predicted octanol–water partition coefficient (Wildman–Crippen LogP) is 2.68. The monoisotopic (exact) mass is 345 g/mol. The lowest BCUT2D eigenvalue weighted by atomic mass is 9.82. The highest BCUT2D eigenvalue weighted by Gasteiger charge is 2.39. The highest BCUT2D eigenvalue weighted by Crippen LogP contribution is 2.40. The van der Waals surface area contributed by atoms with Gasteiger partial charge in [0.25, 0.3) is 0 Å². The van der Waals surface area contributed by atoms with Gasteiger partial charge in [0, 0.05) is 0 Å². The van der Waals surface area contributed by atoms with Gasteiger partial charge in [-0.1, -0.05) is 29.8 Å². The van der Waals surface area contributed by atoms with Crippen molar-refractivity contribution in [3.63, 3.8) is 0 Å². The van der Waals surface area contributed by atoms with Crippen LogP contribution in [0.25, 0.3) is 0 Å². The van der Waals surface area contributed by atoms with Crippen LogP contribution in [0, 0.1) is 6.92 Å². The summed E-state index contributed by atoms with van der Waals surface area (Å²) in [7, 11) is 0. The molecule has 25 heavy (non-hydrogen) atoms. The molecule has 1 atom stereocenters. The van der Waals surface area contributed by atoms with Crippen LogP contribution in [0.2, 0.25) is 0 Å². The van der Waals surface area contributed by atoms with Gasteiger partial charge in [0.2, 0.25) is 5.88 Å². The molecule has 6 heteroatoms. The lowest BCUT2D eigenvalue weighted by Gasteiger charge is -2.28. The third-order valence-electron chi connectivity index (χ3n) is 3.85. The SMILES string of the molecule is CCOC(=O)C1=C(C)OC(N)=C(C(=O)OCC)[C@@H]1c1cccc(C)c1. The maximum Gasteiger partial charge on any atom is 0.340 e. The number of hydrogen-bond donors (Lipinski definition) is 1. The van der Waals surface area contributed by atoms with Crippen LogP contribution in [0.3, 0.4) is 0 Å². The van der Waals surface area contributed by atoms with Gasteiger partial charge in [-0.2, -0.15) is 0 Å². The summed E-state index contributed by atoms with van der Waals surface area (Å²) in [6.45, 7) is 7.38. The summed E-state index contributed by atoms with van der Waals surface area (Å²) in [6.07, 6.45) is 0. The molecular weight excluding hydrogens is 322 g/mol. The molecule has 0 saturated heterocycles. The van der Waals surface area contributed by atoms with E-state index in [-0.39, 0.29) is 30.2 Å². The van der Waals surface area contributed by atoms with Crippen molar-refractivity contribution in [2.24, 2.45) is 5.73 Å². The third kappa shape index (κ3) is 3.84. The second-order valence-corrected chi connectivity index (χ2v) is 5.64. The van der Waals surface area contributed by atoms with Crippen LogP contribution in [-0.4, -0.2) is 25.2 Å². The van der Waals surface area contributed by atoms with Crippen molar-refractivity contribution in [2.75, 3.05) is 13.2 Å². The number of ether oxygens (including phenoxy) is 3. The lowest BCUT2D eigenvalue weighted by molar-refractivity contribution is -0.140. The molecule has 1 aliphatic heterocycles. The summed E-state index contributed by atoms with van der Waals surface area (Å²) < 4.78 is 15.8. The van der Waals surface area contributed by atoms with Crippen molar-refractivity contribution in [3.8, 4) is 0 Å². The molecule has 0 aliphatic carbocycles. The Morgan fingerprint density at radius 1 is 1.08 bits per heavy atom. The van der Waals surface area contributed by atoms with E-state index < -0.39 is 17.9 Å². The fraction of sp³-hybridized carbons (Fsp3) is 0.368. The number of rotatable bonds is 5. The van der Waals surface area contributed by atoms with Crippen molar-refractivity contribution in [2.45, 2.75) is 33.6 Å². The first-order chi connectivity index (χ1) is 11.9. The molecule has 1 heterocycles. The van der Waals surface area contributed by atoms with Crippen molar-refractivity contribution in [1.29, 1.82) is 0 Å². The summed E-state index contributed by atoms with van der Waals surface area (Å²) in [5.41, 5.74) is 8.08. The minimum Gasteiger partial charge on any atom is -0.463 e. The third-order valence-corrected chi connectivity index (χ3v) is 3.85. The summed E-state index contributed by atoms with van der Waals surface area (Å²) in [5, 5.41) is 0. The molecule has 0 amide bonds. The number of hydrogen-bond acceptors (Lipinski definition) is 6. The molecule has 0 radical (unpaired) electrons. The first-order valence-corrected chi connectivity index (χ1v) is 8.19. The maximum absolute atomic E-state index is 12.5. The molecule has 1 aromatic rings. The predicted molar refractivity (Wildman–Crippen MR) is 92.2 cm³/mol. The van der Waals surface area contributed by atoms with Gasteiger partial charge in [0.15, 0.2) is 0 Å². The van der Waals surface area contributed by atoms with E-state index in [1.807, 2.05) is 31.2 Å². The molecule has 0 bridgehead atoms. The van der Waals surface area contributed by atoms with Crippen LogP contribution in [0.4, 0.5) is 0 Å². The van der Waals surface area contributed by atoms with Crippen LogP contribution in [0.5, 0.6) is 0 Å². The molecular formula is C19H23NO5. The number of aryl methyl sites for hydroxylation is 1. The molecule has 0 spiro atoms. The average molecular weight is 345 g/mol. The van der Waals surface area contributed by atoms with Crippen molar-refractivity contribution < 1.29 is 23.8 Å². The van der Waals surface area contributed by atoms with Gasteiger partial charge in [-0.25, -0.2) is 9.59 Å². The number of nitrogens with two attached hydrogens (primary N) is 1. The molecule has 1 aromatic carbocycles. The second kappa shape index (κ2) is 7.88. The number of esters is 2. The van der Waals surface area contributed by atoms with E-state index >= 15 is 0 Å². The van der Waals surface area contributed by atoms with E-state index in [1.54, 1.807) is 20.8 Å².